The summed E-state index contributed by atoms with van der Waals surface area (Å²) in [5, 5.41) is 22.8. The lowest BCUT2D eigenvalue weighted by atomic mass is 10.0. The van der Waals surface area contributed by atoms with Gasteiger partial charge in [0.15, 0.2) is 0 Å². The van der Waals surface area contributed by atoms with Crippen LogP contribution in [-0.2, 0) is 20.8 Å². The zero-order chi connectivity index (χ0) is 29.3. The highest BCUT2D eigenvalue weighted by atomic mass is 35.5. The monoisotopic (exact) mass is 585 g/mol. The number of aliphatic hydroxyl groups is 1. The zero-order valence-corrected chi connectivity index (χ0v) is 22.8. The van der Waals surface area contributed by atoms with Gasteiger partial charge < -0.3 is 30.2 Å². The summed E-state index contributed by atoms with van der Waals surface area (Å²) in [7, 11) is 0. The number of carboxylic acids is 1. The van der Waals surface area contributed by atoms with Gasteiger partial charge in [0.05, 0.1) is 10.6 Å². The second-order valence-corrected chi connectivity index (χ2v) is 10.5. The number of hydrogen-bond donors (Lipinski definition) is 3. The van der Waals surface area contributed by atoms with Crippen molar-refractivity contribution in [2.24, 2.45) is 0 Å². The van der Waals surface area contributed by atoms with E-state index in [2.05, 4.69) is 5.32 Å². The molecule has 11 nitrogen and oxygen atoms in total. The first-order valence-corrected chi connectivity index (χ1v) is 13.6. The molecule has 5 rings (SSSR count). The number of para-hydroxylation sites is 1. The molecule has 13 heteroatoms. The summed E-state index contributed by atoms with van der Waals surface area (Å²) in [5.74, 6) is -3.38. The van der Waals surface area contributed by atoms with Crippen LogP contribution in [0.15, 0.2) is 48.7 Å². The molecular weight excluding hydrogens is 557 g/mol. The Balaban J connectivity index is 1.27. The summed E-state index contributed by atoms with van der Waals surface area (Å²) in [4.78, 5) is 55.9. The van der Waals surface area contributed by atoms with E-state index in [1.54, 1.807) is 4.90 Å². The quantitative estimate of drug-likeness (QED) is 0.474. The minimum absolute atomic E-state index is 0.00935. The van der Waals surface area contributed by atoms with Gasteiger partial charge in [0.2, 0.25) is 12.3 Å². The van der Waals surface area contributed by atoms with Gasteiger partial charge in [-0.25, -0.2) is 9.18 Å². The number of amides is 4. The average Bonchev–Trinajstić information content (AvgIpc) is 3.12. The topological polar surface area (TPSA) is 134 Å². The summed E-state index contributed by atoms with van der Waals surface area (Å²) in [6, 6.07) is 11.3. The first-order chi connectivity index (χ1) is 19.6. The molecule has 3 aliphatic rings. The van der Waals surface area contributed by atoms with Crippen molar-refractivity contribution < 1.29 is 33.8 Å². The summed E-state index contributed by atoms with van der Waals surface area (Å²) in [6.45, 7) is 0.0842. The molecule has 1 atom stereocenters. The molecule has 0 aromatic heterocycles. The standard InChI is InChI=1S/C28H29ClFN5O6/c29-25-19(5-3-6-21(25)30)20-14-33(28(41)35(26(20)39)16-24(37)38)15-23(36)32-11-9-18(10-12-32)34-13-8-17-4-1-2-7-22(17)31-27(34)40/h1-7,14,18,28,41H,8-13,15-16H2,(H,31,40)(H,37,38). The van der Waals surface area contributed by atoms with E-state index < -0.39 is 30.6 Å². The Morgan fingerprint density at radius 2 is 1.76 bits per heavy atom. The third-order valence-electron chi connectivity index (χ3n) is 7.63. The van der Waals surface area contributed by atoms with Gasteiger partial charge in [-0.05, 0) is 37.0 Å². The van der Waals surface area contributed by atoms with Crippen LogP contribution in [0.2, 0.25) is 5.02 Å². The molecule has 0 spiro atoms. The number of carbonyl (C=O) groups is 4. The van der Waals surface area contributed by atoms with E-state index in [-0.39, 0.29) is 40.7 Å². The molecule has 1 saturated heterocycles. The van der Waals surface area contributed by atoms with Crippen molar-refractivity contribution in [3.63, 3.8) is 0 Å². The summed E-state index contributed by atoms with van der Waals surface area (Å²) in [6.07, 6.45) is 1.30. The van der Waals surface area contributed by atoms with Gasteiger partial charge in [0, 0.05) is 43.1 Å². The normalized spacial score (nSPS) is 19.9. The number of carbonyl (C=O) groups excluding carboxylic acids is 3. The number of hydrogen-bond acceptors (Lipinski definition) is 6. The molecule has 3 aliphatic heterocycles. The van der Waals surface area contributed by atoms with Crippen molar-refractivity contribution in [2.75, 3.05) is 38.0 Å². The zero-order valence-electron chi connectivity index (χ0n) is 22.0. The maximum atomic E-state index is 14.1. The maximum absolute atomic E-state index is 14.1. The third kappa shape index (κ3) is 5.84. The first-order valence-electron chi connectivity index (χ1n) is 13.2. The number of carboxylic acid groups (broad SMARTS) is 1. The van der Waals surface area contributed by atoms with E-state index in [9.17, 15) is 33.8 Å². The Morgan fingerprint density at radius 3 is 2.49 bits per heavy atom. The van der Waals surface area contributed by atoms with Crippen molar-refractivity contribution in [2.45, 2.75) is 31.7 Å². The fraction of sp³-hybridized carbons (Fsp3) is 0.357. The van der Waals surface area contributed by atoms with Crippen LogP contribution >= 0.6 is 11.6 Å². The Bertz CT molecular complexity index is 1410. The Labute approximate surface area is 240 Å². The van der Waals surface area contributed by atoms with Gasteiger partial charge in [-0.2, -0.15) is 0 Å². The number of aliphatic hydroxyl groups excluding tert-OH is 1. The van der Waals surface area contributed by atoms with Gasteiger partial charge in [0.25, 0.3) is 5.91 Å². The maximum Gasteiger partial charge on any atom is 0.323 e. The lowest BCUT2D eigenvalue weighted by molar-refractivity contribution is -0.163. The van der Waals surface area contributed by atoms with Gasteiger partial charge in [-0.3, -0.25) is 19.3 Å². The second-order valence-electron chi connectivity index (χ2n) is 10.1. The lowest BCUT2D eigenvalue weighted by Gasteiger charge is -2.41. The molecule has 0 bridgehead atoms. The molecule has 1 fully saturated rings. The number of anilines is 1. The minimum atomic E-state index is -1.74. The predicted molar refractivity (Wildman–Crippen MR) is 147 cm³/mol. The van der Waals surface area contributed by atoms with E-state index in [0.29, 0.717) is 37.4 Å². The lowest BCUT2D eigenvalue weighted by Crippen LogP contribution is -2.57. The molecule has 3 heterocycles. The third-order valence-corrected chi connectivity index (χ3v) is 8.01. The van der Waals surface area contributed by atoms with Crippen LogP contribution in [0.3, 0.4) is 0 Å². The number of likely N-dealkylation sites (tertiary alicyclic amines) is 1. The summed E-state index contributed by atoms with van der Waals surface area (Å²) in [5.41, 5.74) is 1.73. The van der Waals surface area contributed by atoms with Crippen molar-refractivity contribution in [1.29, 1.82) is 0 Å². The highest BCUT2D eigenvalue weighted by molar-refractivity contribution is 6.35. The fourth-order valence-corrected chi connectivity index (χ4v) is 5.70. The number of aliphatic carboxylic acids is 1. The van der Waals surface area contributed by atoms with Crippen molar-refractivity contribution in [3.8, 4) is 0 Å². The van der Waals surface area contributed by atoms with Crippen LogP contribution in [0.1, 0.15) is 24.0 Å². The van der Waals surface area contributed by atoms with E-state index in [0.717, 1.165) is 28.6 Å². The fourth-order valence-electron chi connectivity index (χ4n) is 5.47. The highest BCUT2D eigenvalue weighted by Gasteiger charge is 2.38. The number of nitrogens with zero attached hydrogens (tertiary/aromatic N) is 4. The molecule has 0 aliphatic carbocycles. The van der Waals surface area contributed by atoms with Crippen LogP contribution in [0.4, 0.5) is 14.9 Å². The van der Waals surface area contributed by atoms with Crippen LogP contribution < -0.4 is 5.32 Å². The number of rotatable bonds is 6. The van der Waals surface area contributed by atoms with E-state index in [4.69, 9.17) is 11.6 Å². The summed E-state index contributed by atoms with van der Waals surface area (Å²) < 4.78 is 14.1. The molecule has 2 aromatic carbocycles. The van der Waals surface area contributed by atoms with Gasteiger partial charge >= 0.3 is 12.0 Å². The molecule has 216 valence electrons. The van der Waals surface area contributed by atoms with Crippen LogP contribution in [-0.4, -0.2) is 98.7 Å². The number of benzene rings is 2. The molecule has 0 radical (unpaired) electrons. The minimum Gasteiger partial charge on any atom is -0.480 e. The van der Waals surface area contributed by atoms with E-state index in [1.807, 2.05) is 29.2 Å². The van der Waals surface area contributed by atoms with E-state index in [1.165, 1.54) is 18.3 Å². The van der Waals surface area contributed by atoms with Crippen LogP contribution in [0.5, 0.6) is 0 Å². The Kier molecular flexibility index (Phi) is 8.13. The van der Waals surface area contributed by atoms with Gasteiger partial charge in [-0.1, -0.05) is 41.9 Å². The smallest absolute Gasteiger partial charge is 0.323 e. The SMILES string of the molecule is O=C(O)CN1C(=O)C(c2cccc(F)c2Cl)=CN(CC(=O)N2CCC(N3CCc4ccccc4NC3=O)CC2)C1O. The Morgan fingerprint density at radius 1 is 1.02 bits per heavy atom. The number of urea groups is 1. The summed E-state index contributed by atoms with van der Waals surface area (Å²) >= 11 is 6.09. The molecule has 0 saturated carbocycles. The number of nitrogens with one attached hydrogen (secondary N) is 1. The Hall–Kier alpha value is -4.16. The number of fused-ring (bicyclic) bond motifs is 1. The largest absolute Gasteiger partial charge is 0.480 e. The van der Waals surface area contributed by atoms with Crippen LogP contribution in [0.25, 0.3) is 5.57 Å². The van der Waals surface area contributed by atoms with Crippen molar-refractivity contribution in [3.05, 3.63) is 70.6 Å². The predicted octanol–water partition coefficient (Wildman–Crippen LogP) is 2.41. The van der Waals surface area contributed by atoms with E-state index >= 15 is 0 Å². The number of halogens is 2. The van der Waals surface area contributed by atoms with Gasteiger partial charge in [0.1, 0.15) is 18.9 Å². The van der Waals surface area contributed by atoms with Crippen LogP contribution in [0, 0.1) is 5.82 Å². The van der Waals surface area contributed by atoms with Gasteiger partial charge in [-0.15, -0.1) is 0 Å². The second kappa shape index (κ2) is 11.8. The van der Waals surface area contributed by atoms with Crippen molar-refractivity contribution in [1.82, 2.24) is 19.6 Å². The highest BCUT2D eigenvalue weighted by Crippen LogP contribution is 2.32. The molecule has 3 N–H and O–H groups in total. The molecule has 2 aromatic rings. The average molecular weight is 586 g/mol. The molecule has 1 unspecified atom stereocenters. The van der Waals surface area contributed by atoms with Crippen molar-refractivity contribution >= 4 is 46.7 Å². The molecule has 4 amide bonds. The molecule has 41 heavy (non-hydrogen) atoms. The first kappa shape index (κ1) is 28.4. The molecular formula is C28H29ClFN5O6. The number of piperidine rings is 1.